The van der Waals surface area contributed by atoms with Gasteiger partial charge in [0, 0.05) is 5.92 Å². The number of benzene rings is 1. The van der Waals surface area contributed by atoms with Crippen LogP contribution in [0.15, 0.2) is 30.3 Å². The molecule has 17 heavy (non-hydrogen) atoms. The number of aliphatic hydroxyl groups is 1. The minimum atomic E-state index is -1.09. The summed E-state index contributed by atoms with van der Waals surface area (Å²) < 4.78 is 4.61. The highest BCUT2D eigenvalue weighted by Crippen LogP contribution is 2.27. The Morgan fingerprint density at radius 1 is 1.29 bits per heavy atom. The molecule has 0 amide bonds. The summed E-state index contributed by atoms with van der Waals surface area (Å²) in [5.74, 6) is -0.373. The van der Waals surface area contributed by atoms with Gasteiger partial charge >= 0.3 is 5.97 Å². The van der Waals surface area contributed by atoms with Crippen molar-refractivity contribution in [2.24, 2.45) is 5.92 Å². The van der Waals surface area contributed by atoms with Crippen LogP contribution < -0.4 is 0 Å². The first kappa shape index (κ1) is 13.7. The summed E-state index contributed by atoms with van der Waals surface area (Å²) in [6.07, 6.45) is -0.343. The predicted octanol–water partition coefficient (Wildman–Crippen LogP) is 2.35. The Hall–Kier alpha value is -1.35. The summed E-state index contributed by atoms with van der Waals surface area (Å²) in [6, 6.07) is 9.60. The van der Waals surface area contributed by atoms with Gasteiger partial charge in [0.1, 0.15) is 0 Å². The molecule has 2 atom stereocenters. The largest absolute Gasteiger partial charge is 0.467 e. The maximum absolute atomic E-state index is 11.4. The van der Waals surface area contributed by atoms with Crippen molar-refractivity contribution in [1.82, 2.24) is 0 Å². The molecule has 0 bridgehead atoms. The third-order valence-corrected chi connectivity index (χ3v) is 2.78. The van der Waals surface area contributed by atoms with Crippen LogP contribution in [0.25, 0.3) is 0 Å². The van der Waals surface area contributed by atoms with Crippen molar-refractivity contribution in [2.45, 2.75) is 32.3 Å². The number of hydrogen-bond donors (Lipinski definition) is 1. The number of hydrogen-bond acceptors (Lipinski definition) is 3. The lowest BCUT2D eigenvalue weighted by atomic mass is 9.86. The number of carbonyl (C=O) groups is 1. The van der Waals surface area contributed by atoms with Gasteiger partial charge in [-0.05, 0) is 17.9 Å². The van der Waals surface area contributed by atoms with Crippen LogP contribution in [0.5, 0.6) is 0 Å². The lowest BCUT2D eigenvalue weighted by molar-refractivity contribution is -0.151. The molecule has 0 spiro atoms. The minimum Gasteiger partial charge on any atom is -0.467 e. The Morgan fingerprint density at radius 3 is 2.35 bits per heavy atom. The monoisotopic (exact) mass is 236 g/mol. The molecule has 0 heterocycles. The number of ether oxygens (including phenoxy) is 1. The number of carbonyl (C=O) groups excluding carboxylic acids is 1. The average Bonchev–Trinajstić information content (AvgIpc) is 2.35. The molecule has 1 rings (SSSR count). The van der Waals surface area contributed by atoms with Gasteiger partial charge in [0.05, 0.1) is 7.11 Å². The van der Waals surface area contributed by atoms with E-state index < -0.39 is 12.1 Å². The van der Waals surface area contributed by atoms with Gasteiger partial charge in [-0.2, -0.15) is 0 Å². The predicted molar refractivity (Wildman–Crippen MR) is 66.7 cm³/mol. The van der Waals surface area contributed by atoms with E-state index in [-0.39, 0.29) is 5.92 Å². The van der Waals surface area contributed by atoms with E-state index in [4.69, 9.17) is 0 Å². The fourth-order valence-electron chi connectivity index (χ4n) is 1.94. The van der Waals surface area contributed by atoms with E-state index in [1.807, 2.05) is 30.3 Å². The van der Waals surface area contributed by atoms with Gasteiger partial charge in [0.15, 0.2) is 6.10 Å². The minimum absolute atomic E-state index is 0.205. The molecule has 0 aromatic heterocycles. The van der Waals surface area contributed by atoms with Gasteiger partial charge in [-0.15, -0.1) is 0 Å². The van der Waals surface area contributed by atoms with Crippen LogP contribution in [0, 0.1) is 5.92 Å². The van der Waals surface area contributed by atoms with Crippen LogP contribution >= 0.6 is 0 Å². The lowest BCUT2D eigenvalue weighted by Gasteiger charge is -2.23. The Morgan fingerprint density at radius 2 is 1.88 bits per heavy atom. The fraction of sp³-hybridized carbons (Fsp3) is 0.500. The highest BCUT2D eigenvalue weighted by atomic mass is 16.5. The number of esters is 1. The van der Waals surface area contributed by atoms with Crippen molar-refractivity contribution in [2.75, 3.05) is 7.11 Å². The number of methoxy groups -OCH3 is 1. The highest BCUT2D eigenvalue weighted by Gasteiger charge is 2.28. The second kappa shape index (κ2) is 6.40. The molecule has 94 valence electrons. The van der Waals surface area contributed by atoms with Crippen LogP contribution in [0.4, 0.5) is 0 Å². The van der Waals surface area contributed by atoms with Crippen LogP contribution in [0.1, 0.15) is 31.7 Å². The third kappa shape index (κ3) is 3.86. The molecular weight excluding hydrogens is 216 g/mol. The second-order valence-corrected chi connectivity index (χ2v) is 4.61. The van der Waals surface area contributed by atoms with Crippen molar-refractivity contribution < 1.29 is 14.6 Å². The summed E-state index contributed by atoms with van der Waals surface area (Å²) in [5, 5.41) is 10.0. The quantitative estimate of drug-likeness (QED) is 0.798. The molecular formula is C14H20O3. The number of aliphatic hydroxyl groups excluding tert-OH is 1. The first-order valence-electron chi connectivity index (χ1n) is 5.87. The van der Waals surface area contributed by atoms with Crippen LogP contribution in [0.2, 0.25) is 0 Å². The molecule has 1 aromatic carbocycles. The van der Waals surface area contributed by atoms with Crippen LogP contribution in [-0.2, 0) is 9.53 Å². The average molecular weight is 236 g/mol. The third-order valence-electron chi connectivity index (χ3n) is 2.78. The van der Waals surface area contributed by atoms with Gasteiger partial charge in [-0.3, -0.25) is 0 Å². The van der Waals surface area contributed by atoms with Crippen molar-refractivity contribution in [3.63, 3.8) is 0 Å². The maximum Gasteiger partial charge on any atom is 0.335 e. The molecule has 3 heteroatoms. The number of rotatable bonds is 5. The van der Waals surface area contributed by atoms with E-state index in [9.17, 15) is 9.90 Å². The Labute approximate surface area is 102 Å². The standard InChI is InChI=1S/C14H20O3/c1-10(2)9-12(13(15)14(16)17-3)11-7-5-4-6-8-11/h4-8,10,12-13,15H,9H2,1-3H3. The second-order valence-electron chi connectivity index (χ2n) is 4.61. The normalized spacial score (nSPS) is 14.4. The van der Waals surface area contributed by atoms with Gasteiger partial charge in [0.2, 0.25) is 0 Å². The zero-order valence-corrected chi connectivity index (χ0v) is 10.6. The molecule has 0 fully saturated rings. The van der Waals surface area contributed by atoms with Crippen LogP contribution in [-0.4, -0.2) is 24.3 Å². The van der Waals surface area contributed by atoms with Crippen molar-refractivity contribution in [3.8, 4) is 0 Å². The van der Waals surface area contributed by atoms with Crippen molar-refractivity contribution in [1.29, 1.82) is 0 Å². The molecule has 1 N–H and O–H groups in total. The zero-order chi connectivity index (χ0) is 12.8. The topological polar surface area (TPSA) is 46.5 Å². The first-order valence-corrected chi connectivity index (χ1v) is 5.87. The summed E-state index contributed by atoms with van der Waals surface area (Å²) in [7, 11) is 1.29. The highest BCUT2D eigenvalue weighted by molar-refractivity contribution is 5.75. The molecule has 0 radical (unpaired) electrons. The summed E-state index contributed by atoms with van der Waals surface area (Å²) in [4.78, 5) is 11.4. The lowest BCUT2D eigenvalue weighted by Crippen LogP contribution is -2.30. The molecule has 0 saturated carbocycles. The summed E-state index contributed by atoms with van der Waals surface area (Å²) in [6.45, 7) is 4.14. The van der Waals surface area contributed by atoms with E-state index in [2.05, 4.69) is 18.6 Å². The van der Waals surface area contributed by atoms with E-state index in [0.29, 0.717) is 5.92 Å². The van der Waals surface area contributed by atoms with Crippen molar-refractivity contribution in [3.05, 3.63) is 35.9 Å². The molecule has 0 aliphatic rings. The molecule has 0 aliphatic heterocycles. The molecule has 0 aliphatic carbocycles. The Bertz CT molecular complexity index is 346. The molecule has 2 unspecified atom stereocenters. The van der Waals surface area contributed by atoms with Gasteiger partial charge in [-0.25, -0.2) is 4.79 Å². The first-order chi connectivity index (χ1) is 8.06. The fourth-order valence-corrected chi connectivity index (χ4v) is 1.94. The van der Waals surface area contributed by atoms with E-state index >= 15 is 0 Å². The zero-order valence-electron chi connectivity index (χ0n) is 10.6. The van der Waals surface area contributed by atoms with E-state index in [0.717, 1.165) is 12.0 Å². The van der Waals surface area contributed by atoms with Gasteiger partial charge in [0.25, 0.3) is 0 Å². The van der Waals surface area contributed by atoms with Gasteiger partial charge in [-0.1, -0.05) is 44.2 Å². The van der Waals surface area contributed by atoms with Gasteiger partial charge < -0.3 is 9.84 Å². The smallest absolute Gasteiger partial charge is 0.335 e. The molecule has 1 aromatic rings. The maximum atomic E-state index is 11.4. The SMILES string of the molecule is COC(=O)C(O)C(CC(C)C)c1ccccc1. The van der Waals surface area contributed by atoms with E-state index in [1.165, 1.54) is 7.11 Å². The summed E-state index contributed by atoms with van der Waals surface area (Å²) >= 11 is 0. The Kier molecular flexibility index (Phi) is 5.16. The van der Waals surface area contributed by atoms with Crippen molar-refractivity contribution >= 4 is 5.97 Å². The van der Waals surface area contributed by atoms with E-state index in [1.54, 1.807) is 0 Å². The molecule has 3 nitrogen and oxygen atoms in total. The Balaban J connectivity index is 2.92. The molecule has 0 saturated heterocycles. The summed E-state index contributed by atoms with van der Waals surface area (Å²) in [5.41, 5.74) is 0.971. The van der Waals surface area contributed by atoms with Crippen LogP contribution in [0.3, 0.4) is 0 Å².